The summed E-state index contributed by atoms with van der Waals surface area (Å²) in [6.45, 7) is 1.30. The van der Waals surface area contributed by atoms with E-state index in [4.69, 9.17) is 16.6 Å². The number of aliphatic imine (C=N–C) groups is 1. The fraction of sp³-hybridized carbons (Fsp3) is 0.588. The third-order valence-electron chi connectivity index (χ3n) is 4.43. The predicted molar refractivity (Wildman–Crippen MR) is 98.1 cm³/mol. The molecule has 0 bridgehead atoms. The van der Waals surface area contributed by atoms with Crippen molar-refractivity contribution in [3.8, 4) is 0 Å². The largest absolute Gasteiger partial charge is 0.354 e. The summed E-state index contributed by atoms with van der Waals surface area (Å²) >= 11 is 5.93. The first kappa shape index (κ1) is 17.5. The van der Waals surface area contributed by atoms with Gasteiger partial charge in [0.2, 0.25) is 0 Å². The first-order chi connectivity index (χ1) is 11.4. The molecule has 0 aromatic heterocycles. The van der Waals surface area contributed by atoms with E-state index in [1.165, 1.54) is 12.8 Å². The van der Waals surface area contributed by atoms with E-state index in [1.807, 2.05) is 31.3 Å². The van der Waals surface area contributed by atoms with E-state index in [-0.39, 0.29) is 11.7 Å². The van der Waals surface area contributed by atoms with Crippen molar-refractivity contribution >= 4 is 27.4 Å². The topological polar surface area (TPSA) is 61.8 Å². The highest BCUT2D eigenvalue weighted by Crippen LogP contribution is 2.21. The molecule has 1 N–H and O–H groups in total. The molecule has 0 radical (unpaired) electrons. The number of halogens is 1. The normalized spacial score (nSPS) is 23.2. The molecule has 1 saturated heterocycles. The lowest BCUT2D eigenvalue weighted by Gasteiger charge is -2.23. The highest BCUT2D eigenvalue weighted by molar-refractivity contribution is 7.91. The number of sulfone groups is 1. The number of guanidine groups is 1. The molecule has 3 rings (SSSR count). The molecule has 2 aliphatic rings. The van der Waals surface area contributed by atoms with Crippen molar-refractivity contribution in [2.45, 2.75) is 31.8 Å². The molecule has 2 fully saturated rings. The number of hydrogen-bond donors (Lipinski definition) is 1. The van der Waals surface area contributed by atoms with Gasteiger partial charge in [0.15, 0.2) is 15.8 Å². The van der Waals surface area contributed by atoms with E-state index in [0.29, 0.717) is 18.3 Å². The minimum absolute atomic E-state index is 0.148. The van der Waals surface area contributed by atoms with Gasteiger partial charge in [-0.1, -0.05) is 23.7 Å². The summed E-state index contributed by atoms with van der Waals surface area (Å²) in [7, 11) is -0.835. The van der Waals surface area contributed by atoms with Crippen molar-refractivity contribution < 1.29 is 8.42 Å². The molecular weight excluding hydrogens is 346 g/mol. The zero-order chi connectivity index (χ0) is 17.2. The van der Waals surface area contributed by atoms with Gasteiger partial charge in [-0.2, -0.15) is 0 Å². The number of hydrogen-bond acceptors (Lipinski definition) is 3. The lowest BCUT2D eigenvalue weighted by molar-refractivity contribution is 0.470. The summed E-state index contributed by atoms with van der Waals surface area (Å²) in [5.74, 6) is 1.58. The quantitative estimate of drug-likeness (QED) is 0.639. The number of rotatable bonds is 5. The molecule has 0 amide bonds. The Hall–Kier alpha value is -1.27. The minimum atomic E-state index is -2.84. The van der Waals surface area contributed by atoms with Crippen molar-refractivity contribution in [2.75, 3.05) is 25.1 Å². The SMILES string of the molecule is CN(Cc1ccc(Cl)cc1)C(=NCC1CCS(=O)(=O)C1)NC1CC1. The maximum Gasteiger partial charge on any atom is 0.194 e. The number of benzene rings is 1. The fourth-order valence-electron chi connectivity index (χ4n) is 2.86. The first-order valence-corrected chi connectivity index (χ1v) is 10.6. The van der Waals surface area contributed by atoms with Crippen LogP contribution in [0.3, 0.4) is 0 Å². The Balaban J connectivity index is 1.63. The van der Waals surface area contributed by atoms with Gasteiger partial charge in [0.05, 0.1) is 11.5 Å². The van der Waals surface area contributed by atoms with Gasteiger partial charge in [-0.05, 0) is 42.9 Å². The van der Waals surface area contributed by atoms with Gasteiger partial charge < -0.3 is 10.2 Å². The average molecular weight is 370 g/mol. The van der Waals surface area contributed by atoms with Crippen molar-refractivity contribution in [3.05, 3.63) is 34.9 Å². The second kappa shape index (κ2) is 7.31. The summed E-state index contributed by atoms with van der Waals surface area (Å²) in [6.07, 6.45) is 3.07. The molecule has 1 saturated carbocycles. The third-order valence-corrected chi connectivity index (χ3v) is 6.52. The molecule has 1 aromatic carbocycles. The molecule has 1 atom stereocenters. The molecule has 5 nitrogen and oxygen atoms in total. The van der Waals surface area contributed by atoms with Gasteiger partial charge >= 0.3 is 0 Å². The zero-order valence-corrected chi connectivity index (χ0v) is 15.5. The maximum absolute atomic E-state index is 11.6. The first-order valence-electron chi connectivity index (χ1n) is 8.38. The van der Waals surface area contributed by atoms with Gasteiger partial charge in [-0.25, -0.2) is 8.42 Å². The fourth-order valence-corrected chi connectivity index (χ4v) is 4.83. The summed E-state index contributed by atoms with van der Waals surface area (Å²) in [6, 6.07) is 8.30. The zero-order valence-electron chi connectivity index (χ0n) is 13.9. The van der Waals surface area contributed by atoms with Crippen LogP contribution in [-0.4, -0.2) is 50.4 Å². The highest BCUT2D eigenvalue weighted by atomic mass is 35.5. The molecular formula is C17H24ClN3O2S. The Labute approximate surface area is 149 Å². The van der Waals surface area contributed by atoms with Crippen molar-refractivity contribution in [3.63, 3.8) is 0 Å². The van der Waals surface area contributed by atoms with Crippen LogP contribution in [0, 0.1) is 5.92 Å². The molecule has 1 unspecified atom stereocenters. The summed E-state index contributed by atoms with van der Waals surface area (Å²) in [5.41, 5.74) is 1.16. The second-order valence-corrected chi connectivity index (χ2v) is 9.50. The molecule has 0 spiro atoms. The van der Waals surface area contributed by atoms with E-state index in [9.17, 15) is 8.42 Å². The Morgan fingerprint density at radius 2 is 2.00 bits per heavy atom. The van der Waals surface area contributed by atoms with Crippen LogP contribution in [-0.2, 0) is 16.4 Å². The lowest BCUT2D eigenvalue weighted by atomic mass is 10.1. The summed E-state index contributed by atoms with van der Waals surface area (Å²) in [5, 5.41) is 4.20. The van der Waals surface area contributed by atoms with E-state index in [1.54, 1.807) is 0 Å². The van der Waals surface area contributed by atoms with Crippen LogP contribution in [0.4, 0.5) is 0 Å². The van der Waals surface area contributed by atoms with Crippen molar-refractivity contribution in [1.29, 1.82) is 0 Å². The van der Waals surface area contributed by atoms with Gasteiger partial charge in [-0.3, -0.25) is 4.99 Å². The van der Waals surface area contributed by atoms with Crippen LogP contribution in [0.15, 0.2) is 29.3 Å². The molecule has 132 valence electrons. The smallest absolute Gasteiger partial charge is 0.194 e. The molecule has 24 heavy (non-hydrogen) atoms. The lowest BCUT2D eigenvalue weighted by Crippen LogP contribution is -2.40. The predicted octanol–water partition coefficient (Wildman–Crippen LogP) is 2.31. The summed E-state index contributed by atoms with van der Waals surface area (Å²) in [4.78, 5) is 6.79. The van der Waals surface area contributed by atoms with Gasteiger partial charge in [0.25, 0.3) is 0 Å². The average Bonchev–Trinajstić information content (AvgIpc) is 3.28. The Morgan fingerprint density at radius 3 is 2.58 bits per heavy atom. The van der Waals surface area contributed by atoms with Gasteiger partial charge in [0, 0.05) is 31.2 Å². The van der Waals surface area contributed by atoms with Crippen LogP contribution < -0.4 is 5.32 Å². The Morgan fingerprint density at radius 1 is 1.29 bits per heavy atom. The van der Waals surface area contributed by atoms with Crippen molar-refractivity contribution in [1.82, 2.24) is 10.2 Å². The van der Waals surface area contributed by atoms with Crippen LogP contribution in [0.5, 0.6) is 0 Å². The van der Waals surface area contributed by atoms with Gasteiger partial charge in [-0.15, -0.1) is 0 Å². The van der Waals surface area contributed by atoms with Crippen LogP contribution in [0.2, 0.25) is 5.02 Å². The van der Waals surface area contributed by atoms with Crippen molar-refractivity contribution in [2.24, 2.45) is 10.9 Å². The molecule has 7 heteroatoms. The minimum Gasteiger partial charge on any atom is -0.354 e. The third kappa shape index (κ3) is 5.11. The second-order valence-electron chi connectivity index (χ2n) is 6.83. The van der Waals surface area contributed by atoms with Crippen LogP contribution in [0.1, 0.15) is 24.8 Å². The van der Waals surface area contributed by atoms with E-state index in [0.717, 1.165) is 29.5 Å². The highest BCUT2D eigenvalue weighted by Gasteiger charge is 2.28. The van der Waals surface area contributed by atoms with Crippen LogP contribution >= 0.6 is 11.6 Å². The summed E-state index contributed by atoms with van der Waals surface area (Å²) < 4.78 is 23.2. The van der Waals surface area contributed by atoms with Crippen LogP contribution in [0.25, 0.3) is 0 Å². The monoisotopic (exact) mass is 369 g/mol. The number of nitrogens with zero attached hydrogens (tertiary/aromatic N) is 2. The molecule has 1 aliphatic carbocycles. The Kier molecular flexibility index (Phi) is 5.35. The van der Waals surface area contributed by atoms with E-state index < -0.39 is 9.84 Å². The van der Waals surface area contributed by atoms with E-state index in [2.05, 4.69) is 10.2 Å². The molecule has 1 aromatic rings. The molecule has 1 aliphatic heterocycles. The van der Waals surface area contributed by atoms with Gasteiger partial charge in [0.1, 0.15) is 0 Å². The standard InChI is InChI=1S/C17H24ClN3O2S/c1-21(11-13-2-4-15(18)5-3-13)17(20-16-6-7-16)19-10-14-8-9-24(22,23)12-14/h2-5,14,16H,6-12H2,1H3,(H,19,20). The molecule has 1 heterocycles. The Bertz CT molecular complexity index is 699. The number of nitrogens with one attached hydrogen (secondary N) is 1. The maximum atomic E-state index is 11.6. The van der Waals surface area contributed by atoms with E-state index >= 15 is 0 Å².